The lowest BCUT2D eigenvalue weighted by molar-refractivity contribution is -0.0548. The highest BCUT2D eigenvalue weighted by molar-refractivity contribution is 5.25. The predicted octanol–water partition coefficient (Wildman–Crippen LogP) is 2.64. The van der Waals surface area contributed by atoms with E-state index in [9.17, 15) is 0 Å². The number of hydrogen-bond acceptors (Lipinski definition) is 5. The van der Waals surface area contributed by atoms with E-state index in [4.69, 9.17) is 14.2 Å². The maximum Gasteiger partial charge on any atom is 0.217 e. The number of aromatic nitrogens is 1. The molecule has 0 aromatic carbocycles. The zero-order chi connectivity index (χ0) is 16.4. The van der Waals surface area contributed by atoms with Gasteiger partial charge in [-0.05, 0) is 44.2 Å². The Balaban J connectivity index is 1.35. The normalized spacial score (nSPS) is 30.8. The first-order valence-corrected chi connectivity index (χ1v) is 9.22. The van der Waals surface area contributed by atoms with Gasteiger partial charge in [-0.1, -0.05) is 6.07 Å². The van der Waals surface area contributed by atoms with Crippen molar-refractivity contribution in [2.75, 3.05) is 33.4 Å². The van der Waals surface area contributed by atoms with E-state index in [-0.39, 0.29) is 5.60 Å². The minimum Gasteiger partial charge on any atom is -0.481 e. The van der Waals surface area contributed by atoms with E-state index < -0.39 is 0 Å². The summed E-state index contributed by atoms with van der Waals surface area (Å²) in [7, 11) is 1.69. The van der Waals surface area contributed by atoms with Crippen LogP contribution >= 0.6 is 0 Å². The summed E-state index contributed by atoms with van der Waals surface area (Å²) in [5.74, 6) is 1.55. The van der Waals surface area contributed by atoms with Crippen molar-refractivity contribution in [3.63, 3.8) is 0 Å². The van der Waals surface area contributed by atoms with E-state index in [1.165, 1.54) is 19.3 Å². The molecule has 0 bridgehead atoms. The summed E-state index contributed by atoms with van der Waals surface area (Å²) in [4.78, 5) is 6.79. The maximum absolute atomic E-state index is 6.26. The lowest BCUT2D eigenvalue weighted by Gasteiger charge is -2.39. The molecule has 4 rings (SSSR count). The van der Waals surface area contributed by atoms with E-state index in [1.54, 1.807) is 13.3 Å². The quantitative estimate of drug-likeness (QED) is 0.801. The lowest BCUT2D eigenvalue weighted by atomic mass is 9.89. The average Bonchev–Trinajstić information content (AvgIpc) is 3.36. The van der Waals surface area contributed by atoms with Crippen LogP contribution in [0.4, 0.5) is 0 Å². The molecule has 5 heteroatoms. The van der Waals surface area contributed by atoms with Crippen LogP contribution in [-0.2, 0) is 16.0 Å². The molecule has 0 amide bonds. The van der Waals surface area contributed by atoms with E-state index in [0.717, 1.165) is 63.1 Å². The molecule has 1 aromatic rings. The third kappa shape index (κ3) is 3.73. The SMILES string of the molecule is COc1ncccc1CN1CCCC2(CC(OCC3CC3)CO2)C1. The number of pyridine rings is 1. The monoisotopic (exact) mass is 332 g/mol. The number of ether oxygens (including phenoxy) is 3. The van der Waals surface area contributed by atoms with Gasteiger partial charge in [-0.3, -0.25) is 4.90 Å². The van der Waals surface area contributed by atoms with Gasteiger partial charge < -0.3 is 14.2 Å². The second-order valence-corrected chi connectivity index (χ2v) is 7.58. The van der Waals surface area contributed by atoms with Crippen molar-refractivity contribution in [1.29, 1.82) is 0 Å². The molecular weight excluding hydrogens is 304 g/mol. The third-order valence-electron chi connectivity index (χ3n) is 5.50. The number of hydrogen-bond donors (Lipinski definition) is 0. The Kier molecular flexibility index (Phi) is 4.74. The molecule has 1 saturated carbocycles. The van der Waals surface area contributed by atoms with Gasteiger partial charge in [0.2, 0.25) is 5.88 Å². The molecule has 2 atom stereocenters. The van der Waals surface area contributed by atoms with Crippen LogP contribution in [0, 0.1) is 5.92 Å². The van der Waals surface area contributed by atoms with Crippen LogP contribution in [-0.4, -0.2) is 55.0 Å². The zero-order valence-electron chi connectivity index (χ0n) is 14.6. The first kappa shape index (κ1) is 16.3. The van der Waals surface area contributed by atoms with Crippen molar-refractivity contribution in [3.8, 4) is 5.88 Å². The second kappa shape index (κ2) is 6.98. The fraction of sp³-hybridized carbons (Fsp3) is 0.737. The highest BCUT2D eigenvalue weighted by atomic mass is 16.6. The number of likely N-dealkylation sites (tertiary alicyclic amines) is 1. The molecule has 5 nitrogen and oxygen atoms in total. The number of piperidine rings is 1. The minimum atomic E-state index is -0.0120. The average molecular weight is 332 g/mol. The Morgan fingerprint density at radius 1 is 1.42 bits per heavy atom. The fourth-order valence-corrected chi connectivity index (χ4v) is 4.05. The van der Waals surface area contributed by atoms with Crippen LogP contribution in [0.25, 0.3) is 0 Å². The number of nitrogens with zero attached hydrogens (tertiary/aromatic N) is 2. The van der Waals surface area contributed by atoms with Crippen LogP contribution in [0.2, 0.25) is 0 Å². The molecule has 2 unspecified atom stereocenters. The minimum absolute atomic E-state index is 0.0120. The van der Waals surface area contributed by atoms with Gasteiger partial charge in [0.05, 0.1) is 25.4 Å². The number of methoxy groups -OCH3 is 1. The van der Waals surface area contributed by atoms with Crippen molar-refractivity contribution in [2.24, 2.45) is 5.92 Å². The second-order valence-electron chi connectivity index (χ2n) is 7.58. The molecule has 0 radical (unpaired) electrons. The predicted molar refractivity (Wildman–Crippen MR) is 91.1 cm³/mol. The molecule has 1 spiro atoms. The topological polar surface area (TPSA) is 43.8 Å². The van der Waals surface area contributed by atoms with Crippen molar-refractivity contribution in [2.45, 2.75) is 50.4 Å². The molecular formula is C19H28N2O3. The standard InChI is InChI=1S/C19H28N2O3/c1-22-18-16(4-2-8-20-18)11-21-9-3-7-19(14-21)10-17(13-24-19)23-12-15-5-6-15/h2,4,8,15,17H,3,5-7,9-14H2,1H3. The van der Waals surface area contributed by atoms with Crippen LogP contribution < -0.4 is 4.74 Å². The van der Waals surface area contributed by atoms with Crippen molar-refractivity contribution in [3.05, 3.63) is 23.9 Å². The van der Waals surface area contributed by atoms with Crippen molar-refractivity contribution >= 4 is 0 Å². The van der Waals surface area contributed by atoms with Gasteiger partial charge in [0.15, 0.2) is 0 Å². The Labute approximate surface area is 144 Å². The van der Waals surface area contributed by atoms with E-state index in [2.05, 4.69) is 16.0 Å². The molecule has 2 saturated heterocycles. The van der Waals surface area contributed by atoms with Crippen LogP contribution in [0.15, 0.2) is 18.3 Å². The first-order chi connectivity index (χ1) is 11.8. The first-order valence-electron chi connectivity index (χ1n) is 9.22. The molecule has 3 aliphatic rings. The van der Waals surface area contributed by atoms with Crippen molar-refractivity contribution in [1.82, 2.24) is 9.88 Å². The Morgan fingerprint density at radius 3 is 3.17 bits per heavy atom. The van der Waals surface area contributed by atoms with Gasteiger partial charge in [-0.2, -0.15) is 0 Å². The summed E-state index contributed by atoms with van der Waals surface area (Å²) in [6.45, 7) is 4.65. The molecule has 2 aliphatic heterocycles. The highest BCUT2D eigenvalue weighted by Crippen LogP contribution is 2.37. The summed E-state index contributed by atoms with van der Waals surface area (Å²) in [5.41, 5.74) is 1.14. The Morgan fingerprint density at radius 2 is 2.33 bits per heavy atom. The third-order valence-corrected chi connectivity index (χ3v) is 5.50. The Hall–Kier alpha value is -1.17. The smallest absolute Gasteiger partial charge is 0.217 e. The maximum atomic E-state index is 6.26. The van der Waals surface area contributed by atoms with Gasteiger partial charge in [-0.25, -0.2) is 4.98 Å². The largest absolute Gasteiger partial charge is 0.481 e. The molecule has 1 aliphatic carbocycles. The van der Waals surface area contributed by atoms with E-state index in [1.807, 2.05) is 6.07 Å². The molecule has 0 N–H and O–H groups in total. The Bertz CT molecular complexity index is 563. The van der Waals surface area contributed by atoms with E-state index in [0.29, 0.717) is 6.10 Å². The van der Waals surface area contributed by atoms with Crippen LogP contribution in [0.3, 0.4) is 0 Å². The molecule has 132 valence electrons. The van der Waals surface area contributed by atoms with Gasteiger partial charge in [0, 0.05) is 37.9 Å². The molecule has 1 aromatic heterocycles. The molecule has 3 heterocycles. The summed E-state index contributed by atoms with van der Waals surface area (Å²) in [6, 6.07) is 4.08. The van der Waals surface area contributed by atoms with Crippen LogP contribution in [0.1, 0.15) is 37.7 Å². The fourth-order valence-electron chi connectivity index (χ4n) is 4.05. The molecule has 24 heavy (non-hydrogen) atoms. The van der Waals surface area contributed by atoms with Gasteiger partial charge in [0.25, 0.3) is 0 Å². The van der Waals surface area contributed by atoms with E-state index >= 15 is 0 Å². The van der Waals surface area contributed by atoms with Crippen molar-refractivity contribution < 1.29 is 14.2 Å². The summed E-state index contributed by atoms with van der Waals surface area (Å²) in [5, 5.41) is 0. The lowest BCUT2D eigenvalue weighted by Crippen LogP contribution is -2.47. The summed E-state index contributed by atoms with van der Waals surface area (Å²) < 4.78 is 17.7. The number of rotatable bonds is 6. The summed E-state index contributed by atoms with van der Waals surface area (Å²) in [6.07, 6.45) is 8.13. The van der Waals surface area contributed by atoms with Gasteiger partial charge >= 0.3 is 0 Å². The van der Waals surface area contributed by atoms with Gasteiger partial charge in [0.1, 0.15) is 0 Å². The van der Waals surface area contributed by atoms with Crippen LogP contribution in [0.5, 0.6) is 5.88 Å². The summed E-state index contributed by atoms with van der Waals surface area (Å²) >= 11 is 0. The zero-order valence-corrected chi connectivity index (χ0v) is 14.6. The molecule has 3 fully saturated rings. The highest BCUT2D eigenvalue weighted by Gasteiger charge is 2.44. The van der Waals surface area contributed by atoms with Gasteiger partial charge in [-0.15, -0.1) is 0 Å².